The van der Waals surface area contributed by atoms with Crippen LogP contribution in [0.15, 0.2) is 47.6 Å². The summed E-state index contributed by atoms with van der Waals surface area (Å²) in [6.07, 6.45) is 3.30. The highest BCUT2D eigenvalue weighted by Crippen LogP contribution is 2.34. The van der Waals surface area contributed by atoms with Crippen molar-refractivity contribution in [2.24, 2.45) is 5.92 Å². The SMILES string of the molecule is CC(C)(C)NC(=O)C1=CC2Nc3ccccc3C(=O)C2C=C1C#N. The number of anilines is 1. The zero-order valence-corrected chi connectivity index (χ0v) is 13.9. The monoisotopic (exact) mass is 321 g/mol. The lowest BCUT2D eigenvalue weighted by molar-refractivity contribution is -0.118. The van der Waals surface area contributed by atoms with Gasteiger partial charge in [-0.1, -0.05) is 18.2 Å². The normalized spacial score (nSPS) is 22.2. The number of Topliss-reactive ketones (excluding diaryl/α,β-unsaturated/α-hetero) is 1. The molecule has 0 saturated heterocycles. The number of amides is 1. The molecule has 24 heavy (non-hydrogen) atoms. The summed E-state index contributed by atoms with van der Waals surface area (Å²) in [5.41, 5.74) is 1.52. The van der Waals surface area contributed by atoms with Crippen LogP contribution >= 0.6 is 0 Å². The predicted octanol–water partition coefficient (Wildman–Crippen LogP) is 2.58. The van der Waals surface area contributed by atoms with Gasteiger partial charge in [0, 0.05) is 16.8 Å². The van der Waals surface area contributed by atoms with Crippen molar-refractivity contribution in [2.75, 3.05) is 5.32 Å². The van der Waals surface area contributed by atoms with Gasteiger partial charge in [-0.15, -0.1) is 0 Å². The number of rotatable bonds is 1. The topological polar surface area (TPSA) is 82.0 Å². The van der Waals surface area contributed by atoms with Crippen LogP contribution in [0.5, 0.6) is 0 Å². The fourth-order valence-electron chi connectivity index (χ4n) is 3.00. The van der Waals surface area contributed by atoms with Crippen molar-refractivity contribution in [3.8, 4) is 6.07 Å². The van der Waals surface area contributed by atoms with E-state index in [0.717, 1.165) is 5.69 Å². The quantitative estimate of drug-likeness (QED) is 0.833. The first-order chi connectivity index (χ1) is 11.3. The van der Waals surface area contributed by atoms with Crippen LogP contribution < -0.4 is 10.6 Å². The third-order valence-corrected chi connectivity index (χ3v) is 4.04. The van der Waals surface area contributed by atoms with Gasteiger partial charge in [0.05, 0.1) is 29.2 Å². The number of para-hydroxylation sites is 1. The van der Waals surface area contributed by atoms with Gasteiger partial charge >= 0.3 is 0 Å². The Morgan fingerprint density at radius 2 is 1.96 bits per heavy atom. The highest BCUT2D eigenvalue weighted by atomic mass is 16.2. The van der Waals surface area contributed by atoms with Crippen LogP contribution in [0.2, 0.25) is 0 Å². The second-order valence-corrected chi connectivity index (χ2v) is 7.08. The van der Waals surface area contributed by atoms with Gasteiger partial charge in [0.1, 0.15) is 0 Å². The minimum Gasteiger partial charge on any atom is -0.377 e. The van der Waals surface area contributed by atoms with Crippen molar-refractivity contribution < 1.29 is 9.59 Å². The van der Waals surface area contributed by atoms with Gasteiger partial charge < -0.3 is 10.6 Å². The van der Waals surface area contributed by atoms with Crippen molar-refractivity contribution in [2.45, 2.75) is 32.4 Å². The van der Waals surface area contributed by atoms with Crippen LogP contribution in [0.1, 0.15) is 31.1 Å². The molecule has 0 aromatic heterocycles. The molecule has 3 rings (SSSR count). The van der Waals surface area contributed by atoms with E-state index < -0.39 is 11.5 Å². The molecule has 1 aromatic carbocycles. The molecule has 1 aromatic rings. The lowest BCUT2D eigenvalue weighted by Crippen LogP contribution is -2.44. The first kappa shape index (κ1) is 16.0. The number of carbonyl (C=O) groups is 2. The Morgan fingerprint density at radius 1 is 1.25 bits per heavy atom. The van der Waals surface area contributed by atoms with Crippen molar-refractivity contribution >= 4 is 17.4 Å². The van der Waals surface area contributed by atoms with E-state index in [1.807, 2.05) is 39.0 Å². The van der Waals surface area contributed by atoms with Gasteiger partial charge in [0.2, 0.25) is 0 Å². The smallest absolute Gasteiger partial charge is 0.252 e. The number of nitriles is 1. The summed E-state index contributed by atoms with van der Waals surface area (Å²) in [5, 5.41) is 15.6. The highest BCUT2D eigenvalue weighted by Gasteiger charge is 2.37. The van der Waals surface area contributed by atoms with E-state index in [0.29, 0.717) is 11.1 Å². The molecule has 5 nitrogen and oxygen atoms in total. The summed E-state index contributed by atoms with van der Waals surface area (Å²) in [5.74, 6) is -0.809. The number of nitrogens with one attached hydrogen (secondary N) is 2. The largest absolute Gasteiger partial charge is 0.377 e. The first-order valence-corrected chi connectivity index (χ1v) is 7.86. The summed E-state index contributed by atoms with van der Waals surface area (Å²) in [6, 6.07) is 9.01. The molecule has 0 spiro atoms. The summed E-state index contributed by atoms with van der Waals surface area (Å²) in [7, 11) is 0. The second-order valence-electron chi connectivity index (χ2n) is 7.08. The van der Waals surface area contributed by atoms with Gasteiger partial charge in [-0.3, -0.25) is 9.59 Å². The molecular formula is C19H19N3O2. The number of hydrogen-bond acceptors (Lipinski definition) is 4. The summed E-state index contributed by atoms with van der Waals surface area (Å²) >= 11 is 0. The molecule has 2 aliphatic rings. The molecule has 1 heterocycles. The molecule has 0 fully saturated rings. The standard InChI is InChI=1S/C19H19N3O2/c1-19(2,3)22-18(24)13-9-16-14(8-11(13)10-20)17(23)12-6-4-5-7-15(12)21-16/h4-9,14,16,21H,1-3H3,(H,22,24). The van der Waals surface area contributed by atoms with Gasteiger partial charge in [-0.25, -0.2) is 0 Å². The van der Waals surface area contributed by atoms with Crippen LogP contribution in [0.4, 0.5) is 5.69 Å². The fraction of sp³-hybridized carbons (Fsp3) is 0.316. The third-order valence-electron chi connectivity index (χ3n) is 4.04. The molecule has 1 amide bonds. The Morgan fingerprint density at radius 3 is 2.62 bits per heavy atom. The molecule has 2 unspecified atom stereocenters. The number of ketones is 1. The average Bonchev–Trinajstić information content (AvgIpc) is 2.52. The van der Waals surface area contributed by atoms with Gasteiger partial charge in [-0.05, 0) is 39.0 Å². The summed E-state index contributed by atoms with van der Waals surface area (Å²) in [4.78, 5) is 25.2. The molecule has 0 bridgehead atoms. The predicted molar refractivity (Wildman–Crippen MR) is 91.3 cm³/mol. The van der Waals surface area contributed by atoms with Gasteiger partial charge in [-0.2, -0.15) is 5.26 Å². The summed E-state index contributed by atoms with van der Waals surface area (Å²) < 4.78 is 0. The molecular weight excluding hydrogens is 302 g/mol. The minimum atomic E-state index is -0.472. The zero-order valence-electron chi connectivity index (χ0n) is 13.9. The number of carbonyl (C=O) groups excluding carboxylic acids is 2. The van der Waals surface area contributed by atoms with Crippen LogP contribution in [0.3, 0.4) is 0 Å². The lowest BCUT2D eigenvalue weighted by atomic mass is 9.79. The van der Waals surface area contributed by atoms with Crippen molar-refractivity contribution in [1.29, 1.82) is 5.26 Å². The Bertz CT molecular complexity index is 822. The molecule has 2 atom stereocenters. The van der Waals surface area contributed by atoms with Gasteiger partial charge in [0.15, 0.2) is 5.78 Å². The minimum absolute atomic E-state index is 0.0337. The van der Waals surface area contributed by atoms with Crippen LogP contribution in [-0.4, -0.2) is 23.3 Å². The van der Waals surface area contributed by atoms with Crippen LogP contribution in [-0.2, 0) is 4.79 Å². The molecule has 1 aliphatic carbocycles. The Hall–Kier alpha value is -2.87. The number of benzene rings is 1. The zero-order chi connectivity index (χ0) is 17.5. The van der Waals surface area contributed by atoms with Crippen molar-refractivity contribution in [3.63, 3.8) is 0 Å². The maximum Gasteiger partial charge on any atom is 0.252 e. The van der Waals surface area contributed by atoms with Crippen molar-refractivity contribution in [3.05, 3.63) is 53.1 Å². The van der Waals surface area contributed by atoms with E-state index in [1.54, 1.807) is 18.2 Å². The maximum atomic E-state index is 12.7. The summed E-state index contributed by atoms with van der Waals surface area (Å²) in [6.45, 7) is 5.64. The molecule has 1 aliphatic heterocycles. The average molecular weight is 321 g/mol. The molecule has 122 valence electrons. The van der Waals surface area contributed by atoms with E-state index in [4.69, 9.17) is 0 Å². The number of nitrogens with zero attached hydrogens (tertiary/aromatic N) is 1. The maximum absolute atomic E-state index is 12.7. The number of hydrogen-bond donors (Lipinski definition) is 2. The molecule has 2 N–H and O–H groups in total. The van der Waals surface area contributed by atoms with Crippen LogP contribution in [0.25, 0.3) is 0 Å². The van der Waals surface area contributed by atoms with E-state index in [2.05, 4.69) is 16.7 Å². The van der Waals surface area contributed by atoms with E-state index >= 15 is 0 Å². The fourth-order valence-corrected chi connectivity index (χ4v) is 3.00. The number of fused-ring (bicyclic) bond motifs is 2. The third kappa shape index (κ3) is 2.83. The Balaban J connectivity index is 1.99. The lowest BCUT2D eigenvalue weighted by Gasteiger charge is -2.33. The van der Waals surface area contributed by atoms with E-state index in [-0.39, 0.29) is 23.3 Å². The Labute approximate surface area is 141 Å². The van der Waals surface area contributed by atoms with Crippen molar-refractivity contribution in [1.82, 2.24) is 5.32 Å². The van der Waals surface area contributed by atoms with Crippen LogP contribution in [0, 0.1) is 17.2 Å². The van der Waals surface area contributed by atoms with Gasteiger partial charge in [0.25, 0.3) is 5.91 Å². The molecule has 5 heteroatoms. The van der Waals surface area contributed by atoms with E-state index in [9.17, 15) is 14.9 Å². The second kappa shape index (κ2) is 5.64. The molecule has 0 saturated carbocycles. The first-order valence-electron chi connectivity index (χ1n) is 7.86. The highest BCUT2D eigenvalue weighted by molar-refractivity contribution is 6.08. The molecule has 0 radical (unpaired) electrons. The van der Waals surface area contributed by atoms with E-state index in [1.165, 1.54) is 0 Å². The Kier molecular flexibility index (Phi) is 3.76.